The van der Waals surface area contributed by atoms with Gasteiger partial charge in [-0.2, -0.15) is 0 Å². The van der Waals surface area contributed by atoms with Crippen LogP contribution >= 0.6 is 0 Å². The molecule has 0 atom stereocenters. The molecule has 8 nitrogen and oxygen atoms in total. The number of rotatable bonds is 7. The lowest BCUT2D eigenvalue weighted by molar-refractivity contribution is 0.169. The number of para-hydroxylation sites is 2. The van der Waals surface area contributed by atoms with Crippen LogP contribution in [0.25, 0.3) is 0 Å². The maximum absolute atomic E-state index is 5.95. The van der Waals surface area contributed by atoms with Crippen molar-refractivity contribution in [1.29, 1.82) is 0 Å². The fourth-order valence-corrected chi connectivity index (χ4v) is 3.68. The van der Waals surface area contributed by atoms with E-state index in [4.69, 9.17) is 14.0 Å². The predicted octanol–water partition coefficient (Wildman–Crippen LogP) is 3.37. The minimum Gasteiger partial charge on any atom is -0.493 e. The third kappa shape index (κ3) is 5.59. The first-order chi connectivity index (χ1) is 15.7. The van der Waals surface area contributed by atoms with E-state index in [1.54, 1.807) is 13.4 Å². The molecule has 1 aromatic heterocycles. The van der Waals surface area contributed by atoms with Gasteiger partial charge in [0.25, 0.3) is 0 Å². The van der Waals surface area contributed by atoms with Gasteiger partial charge < -0.3 is 24.2 Å². The van der Waals surface area contributed by atoms with Crippen molar-refractivity contribution >= 4 is 5.96 Å². The van der Waals surface area contributed by atoms with E-state index >= 15 is 0 Å². The lowest BCUT2D eigenvalue weighted by Gasteiger charge is -2.36. The molecule has 4 rings (SSSR count). The zero-order chi connectivity index (χ0) is 22.2. The van der Waals surface area contributed by atoms with Gasteiger partial charge >= 0.3 is 0 Å². The molecule has 2 aromatic carbocycles. The smallest absolute Gasteiger partial charge is 0.194 e. The number of nitrogens with zero attached hydrogens (tertiary/aromatic N) is 4. The number of aromatic nitrogens is 1. The minimum atomic E-state index is 0.695. The Morgan fingerprint density at radius 1 is 1.03 bits per heavy atom. The fourth-order valence-electron chi connectivity index (χ4n) is 3.68. The predicted molar refractivity (Wildman–Crippen MR) is 123 cm³/mol. The Morgan fingerprint density at radius 2 is 1.78 bits per heavy atom. The Kier molecular flexibility index (Phi) is 7.24. The van der Waals surface area contributed by atoms with Crippen LogP contribution in [0.3, 0.4) is 0 Å². The number of hydrogen-bond donors (Lipinski definition) is 1. The highest BCUT2D eigenvalue weighted by atomic mass is 16.5. The van der Waals surface area contributed by atoms with Crippen molar-refractivity contribution in [3.8, 4) is 17.2 Å². The number of piperazine rings is 1. The molecule has 1 saturated heterocycles. The van der Waals surface area contributed by atoms with Crippen LogP contribution in [-0.2, 0) is 13.1 Å². The molecular weight excluding hydrogens is 406 g/mol. The molecule has 1 aliphatic heterocycles. The van der Waals surface area contributed by atoms with E-state index in [-0.39, 0.29) is 0 Å². The van der Waals surface area contributed by atoms with Crippen LogP contribution in [0.1, 0.15) is 11.3 Å². The molecule has 0 spiro atoms. The van der Waals surface area contributed by atoms with Gasteiger partial charge in [0.05, 0.1) is 12.8 Å². The van der Waals surface area contributed by atoms with Crippen molar-refractivity contribution in [1.82, 2.24) is 20.3 Å². The molecule has 3 aromatic rings. The molecule has 168 valence electrons. The summed E-state index contributed by atoms with van der Waals surface area (Å²) >= 11 is 0. The van der Waals surface area contributed by atoms with E-state index in [1.165, 1.54) is 0 Å². The molecular formula is C24H29N5O3. The second-order valence-electron chi connectivity index (χ2n) is 7.55. The summed E-state index contributed by atoms with van der Waals surface area (Å²) in [5.74, 6) is 3.10. The number of aliphatic imine (C=N–C) groups is 1. The molecule has 1 aliphatic rings. The summed E-state index contributed by atoms with van der Waals surface area (Å²) in [4.78, 5) is 9.13. The van der Waals surface area contributed by atoms with E-state index in [0.29, 0.717) is 18.0 Å². The van der Waals surface area contributed by atoms with Gasteiger partial charge in [0.2, 0.25) is 0 Å². The van der Waals surface area contributed by atoms with Crippen molar-refractivity contribution in [2.24, 2.45) is 4.99 Å². The van der Waals surface area contributed by atoms with E-state index in [1.807, 2.05) is 49.5 Å². The Hall–Kier alpha value is -3.52. The highest BCUT2D eigenvalue weighted by Gasteiger charge is 2.20. The molecule has 2 heterocycles. The summed E-state index contributed by atoms with van der Waals surface area (Å²) in [5.41, 5.74) is 2.13. The van der Waals surface area contributed by atoms with Gasteiger partial charge in [-0.25, -0.2) is 0 Å². The van der Waals surface area contributed by atoms with Gasteiger partial charge in [-0.15, -0.1) is 0 Å². The summed E-state index contributed by atoms with van der Waals surface area (Å²) in [7, 11) is 3.47. The molecule has 1 fully saturated rings. The van der Waals surface area contributed by atoms with Gasteiger partial charge in [0.15, 0.2) is 17.5 Å². The highest BCUT2D eigenvalue weighted by Crippen LogP contribution is 2.30. The maximum atomic E-state index is 5.95. The minimum absolute atomic E-state index is 0.695. The number of ether oxygens (including phenoxy) is 2. The van der Waals surface area contributed by atoms with Crippen LogP contribution in [0.5, 0.6) is 17.2 Å². The molecule has 0 radical (unpaired) electrons. The summed E-state index contributed by atoms with van der Waals surface area (Å²) in [6.07, 6.45) is 1.62. The van der Waals surface area contributed by atoms with E-state index in [0.717, 1.165) is 55.7 Å². The molecule has 0 aliphatic carbocycles. The average Bonchev–Trinajstić information content (AvgIpc) is 3.35. The molecule has 0 amide bonds. The second kappa shape index (κ2) is 10.7. The Morgan fingerprint density at radius 3 is 2.44 bits per heavy atom. The topological polar surface area (TPSA) is 75.4 Å². The molecule has 0 unspecified atom stereocenters. The summed E-state index contributed by atoms with van der Waals surface area (Å²) in [6, 6.07) is 17.6. The average molecular weight is 436 g/mol. The standard InChI is InChI=1S/C24H29N5O3/c1-25-24(29-14-12-28(13-15-29)18-20-11-16-31-27-20)26-17-19-7-9-21(10-8-19)32-23-6-4-3-5-22(23)30-2/h3-11,16H,12-15,17-18H2,1-2H3,(H,25,26). The number of hydrogen-bond acceptors (Lipinski definition) is 6. The van der Waals surface area contributed by atoms with Crippen molar-refractivity contribution in [2.75, 3.05) is 40.3 Å². The molecule has 0 bridgehead atoms. The lowest BCUT2D eigenvalue weighted by Crippen LogP contribution is -2.52. The first kappa shape index (κ1) is 21.7. The molecule has 1 N–H and O–H groups in total. The molecule has 0 saturated carbocycles. The van der Waals surface area contributed by atoms with Crippen LogP contribution in [0.4, 0.5) is 0 Å². The van der Waals surface area contributed by atoms with Crippen LogP contribution in [0, 0.1) is 0 Å². The van der Waals surface area contributed by atoms with Gasteiger partial charge in [-0.3, -0.25) is 9.89 Å². The quantitative estimate of drug-likeness (QED) is 0.450. The lowest BCUT2D eigenvalue weighted by atomic mass is 10.2. The van der Waals surface area contributed by atoms with Gasteiger partial charge in [-0.05, 0) is 29.8 Å². The highest BCUT2D eigenvalue weighted by molar-refractivity contribution is 5.80. The number of methoxy groups -OCH3 is 1. The molecule has 32 heavy (non-hydrogen) atoms. The van der Waals surface area contributed by atoms with E-state index < -0.39 is 0 Å². The molecule has 8 heteroatoms. The Bertz CT molecular complexity index is 997. The van der Waals surface area contributed by atoms with Crippen molar-refractivity contribution in [3.63, 3.8) is 0 Å². The first-order valence-electron chi connectivity index (χ1n) is 10.7. The van der Waals surface area contributed by atoms with Crippen LogP contribution in [0.15, 0.2) is 70.4 Å². The number of benzene rings is 2. The van der Waals surface area contributed by atoms with E-state index in [2.05, 4.69) is 37.4 Å². The van der Waals surface area contributed by atoms with Crippen molar-refractivity contribution in [2.45, 2.75) is 13.1 Å². The Balaban J connectivity index is 1.26. The summed E-state index contributed by atoms with van der Waals surface area (Å²) < 4.78 is 16.2. The summed E-state index contributed by atoms with van der Waals surface area (Å²) in [6.45, 7) is 5.28. The van der Waals surface area contributed by atoms with Crippen LogP contribution in [0.2, 0.25) is 0 Å². The third-order valence-corrected chi connectivity index (χ3v) is 5.43. The van der Waals surface area contributed by atoms with Crippen molar-refractivity contribution < 1.29 is 14.0 Å². The number of guanidine groups is 1. The van der Waals surface area contributed by atoms with Crippen LogP contribution < -0.4 is 14.8 Å². The van der Waals surface area contributed by atoms with Crippen molar-refractivity contribution in [3.05, 3.63) is 72.1 Å². The zero-order valence-corrected chi connectivity index (χ0v) is 18.5. The Labute approximate surface area is 188 Å². The largest absolute Gasteiger partial charge is 0.493 e. The summed E-state index contributed by atoms with van der Waals surface area (Å²) in [5, 5.41) is 7.47. The second-order valence-corrected chi connectivity index (χ2v) is 7.55. The van der Waals surface area contributed by atoms with E-state index in [9.17, 15) is 0 Å². The monoisotopic (exact) mass is 435 g/mol. The van der Waals surface area contributed by atoms with Crippen LogP contribution in [-0.4, -0.2) is 61.3 Å². The third-order valence-electron chi connectivity index (χ3n) is 5.43. The van der Waals surface area contributed by atoms with Gasteiger partial charge in [0, 0.05) is 52.4 Å². The SMILES string of the molecule is CN=C(NCc1ccc(Oc2ccccc2OC)cc1)N1CCN(Cc2ccon2)CC1. The normalized spacial score (nSPS) is 14.9. The van der Waals surface area contributed by atoms with Gasteiger partial charge in [0.1, 0.15) is 12.0 Å². The van der Waals surface area contributed by atoms with Gasteiger partial charge in [-0.1, -0.05) is 29.4 Å². The maximum Gasteiger partial charge on any atom is 0.194 e. The number of nitrogens with one attached hydrogen (secondary N) is 1. The zero-order valence-electron chi connectivity index (χ0n) is 18.5. The first-order valence-corrected chi connectivity index (χ1v) is 10.7. The fraction of sp³-hybridized carbons (Fsp3) is 0.333.